The number of nitrogens with zero attached hydrogens (tertiary/aromatic N) is 3. The van der Waals surface area contributed by atoms with Crippen molar-refractivity contribution in [3.63, 3.8) is 0 Å². The van der Waals surface area contributed by atoms with Crippen molar-refractivity contribution in [2.45, 2.75) is 6.54 Å². The minimum Gasteiger partial charge on any atom is -0.264 e. The fourth-order valence-corrected chi connectivity index (χ4v) is 1.22. The number of aromatic nitrogens is 1. The predicted octanol–water partition coefficient (Wildman–Crippen LogP) is 1.49. The molecule has 0 radical (unpaired) electrons. The lowest BCUT2D eigenvalue weighted by Crippen LogP contribution is -2.02. The number of nitro groups is 1. The molecule has 1 rings (SSSR count). The van der Waals surface area contributed by atoms with Gasteiger partial charge in [-0.1, -0.05) is 0 Å². The van der Waals surface area contributed by atoms with Crippen LogP contribution in [0.15, 0.2) is 16.7 Å². The zero-order valence-electron chi connectivity index (χ0n) is 6.40. The van der Waals surface area contributed by atoms with E-state index in [1.165, 1.54) is 12.3 Å². The summed E-state index contributed by atoms with van der Waals surface area (Å²) in [6.07, 6.45) is 1.43. The lowest BCUT2D eigenvalue weighted by molar-refractivity contribution is -0.496. The molecule has 0 N–H and O–H groups in total. The molecule has 0 aliphatic carbocycles. The summed E-state index contributed by atoms with van der Waals surface area (Å²) in [6, 6.07) is 3.31. The van der Waals surface area contributed by atoms with Crippen LogP contribution in [0.25, 0.3) is 0 Å². The number of nitriles is 1. The SMILES string of the molecule is N#Cc1ncc(Br)cc1C[N+](=O)[O-]. The highest BCUT2D eigenvalue weighted by atomic mass is 79.9. The molecule has 0 aliphatic rings. The van der Waals surface area contributed by atoms with Crippen molar-refractivity contribution in [3.8, 4) is 6.07 Å². The van der Waals surface area contributed by atoms with Crippen molar-refractivity contribution in [1.29, 1.82) is 5.26 Å². The molecule has 0 aromatic carbocycles. The second-order valence-electron chi connectivity index (χ2n) is 2.26. The normalized spacial score (nSPS) is 9.23. The van der Waals surface area contributed by atoms with Crippen molar-refractivity contribution in [1.82, 2.24) is 4.98 Å². The molecule has 66 valence electrons. The average molecular weight is 242 g/mol. The quantitative estimate of drug-likeness (QED) is 0.581. The van der Waals surface area contributed by atoms with Gasteiger partial charge in [-0.3, -0.25) is 10.1 Å². The van der Waals surface area contributed by atoms with E-state index in [-0.39, 0.29) is 12.2 Å². The van der Waals surface area contributed by atoms with Crippen LogP contribution in [-0.4, -0.2) is 9.91 Å². The van der Waals surface area contributed by atoms with Crippen molar-refractivity contribution < 1.29 is 4.92 Å². The van der Waals surface area contributed by atoms with Crippen molar-refractivity contribution in [3.05, 3.63) is 38.1 Å². The van der Waals surface area contributed by atoms with Gasteiger partial charge in [-0.15, -0.1) is 0 Å². The number of rotatable bonds is 2. The van der Waals surface area contributed by atoms with Gasteiger partial charge in [0.25, 0.3) is 0 Å². The van der Waals surface area contributed by atoms with Crippen LogP contribution < -0.4 is 0 Å². The molecule has 0 unspecified atom stereocenters. The fourth-order valence-electron chi connectivity index (χ4n) is 0.841. The largest absolute Gasteiger partial charge is 0.264 e. The van der Waals surface area contributed by atoms with E-state index in [1.54, 1.807) is 6.07 Å². The van der Waals surface area contributed by atoms with Crippen LogP contribution in [0.3, 0.4) is 0 Å². The Morgan fingerprint density at radius 1 is 1.77 bits per heavy atom. The molecule has 0 saturated heterocycles. The third kappa shape index (κ3) is 2.49. The van der Waals surface area contributed by atoms with Crippen LogP contribution in [-0.2, 0) is 6.54 Å². The van der Waals surface area contributed by atoms with E-state index in [0.717, 1.165) is 0 Å². The summed E-state index contributed by atoms with van der Waals surface area (Å²) in [7, 11) is 0. The van der Waals surface area contributed by atoms with E-state index in [4.69, 9.17) is 5.26 Å². The Balaban J connectivity index is 3.10. The van der Waals surface area contributed by atoms with Gasteiger partial charge in [0, 0.05) is 15.6 Å². The highest BCUT2D eigenvalue weighted by molar-refractivity contribution is 9.10. The van der Waals surface area contributed by atoms with Gasteiger partial charge in [0.1, 0.15) is 11.8 Å². The van der Waals surface area contributed by atoms with Gasteiger partial charge in [0.15, 0.2) is 0 Å². The Labute approximate surface area is 82.3 Å². The standard InChI is InChI=1S/C7H4BrN3O2/c8-6-1-5(4-11(12)13)7(2-9)10-3-6/h1,3H,4H2. The molecular weight excluding hydrogens is 238 g/mol. The molecule has 0 amide bonds. The maximum absolute atomic E-state index is 10.2. The summed E-state index contributed by atoms with van der Waals surface area (Å²) < 4.78 is 0.628. The zero-order chi connectivity index (χ0) is 9.84. The summed E-state index contributed by atoms with van der Waals surface area (Å²) in [5, 5.41) is 18.8. The summed E-state index contributed by atoms with van der Waals surface area (Å²) in [5.74, 6) is 0. The molecule has 5 nitrogen and oxygen atoms in total. The summed E-state index contributed by atoms with van der Waals surface area (Å²) in [4.78, 5) is 13.4. The average Bonchev–Trinajstić information content (AvgIpc) is 2.03. The minimum atomic E-state index is -0.496. The number of halogens is 1. The molecule has 0 fully saturated rings. The highest BCUT2D eigenvalue weighted by Crippen LogP contribution is 2.13. The highest BCUT2D eigenvalue weighted by Gasteiger charge is 2.09. The van der Waals surface area contributed by atoms with Crippen LogP contribution in [0.4, 0.5) is 0 Å². The van der Waals surface area contributed by atoms with Gasteiger partial charge < -0.3 is 0 Å². The molecule has 0 aliphatic heterocycles. The van der Waals surface area contributed by atoms with Gasteiger partial charge >= 0.3 is 0 Å². The van der Waals surface area contributed by atoms with E-state index in [9.17, 15) is 10.1 Å². The number of hydrogen-bond acceptors (Lipinski definition) is 4. The Hall–Kier alpha value is -1.48. The first-order valence-electron chi connectivity index (χ1n) is 3.30. The van der Waals surface area contributed by atoms with Crippen molar-refractivity contribution >= 4 is 15.9 Å². The minimum absolute atomic E-state index is 0.0971. The Kier molecular flexibility index (Phi) is 2.93. The molecule has 1 aromatic rings. The van der Waals surface area contributed by atoms with Gasteiger partial charge in [-0.2, -0.15) is 5.26 Å². The lowest BCUT2D eigenvalue weighted by Gasteiger charge is -1.97. The summed E-state index contributed by atoms with van der Waals surface area (Å²) in [6.45, 7) is -0.380. The fraction of sp³-hybridized carbons (Fsp3) is 0.143. The third-order valence-corrected chi connectivity index (χ3v) is 1.77. The van der Waals surface area contributed by atoms with E-state index in [2.05, 4.69) is 20.9 Å². The summed E-state index contributed by atoms with van der Waals surface area (Å²) in [5.41, 5.74) is 0.418. The van der Waals surface area contributed by atoms with Crippen molar-refractivity contribution in [2.75, 3.05) is 0 Å². The summed E-state index contributed by atoms with van der Waals surface area (Å²) >= 11 is 3.12. The molecule has 0 spiro atoms. The first-order valence-corrected chi connectivity index (χ1v) is 4.09. The second-order valence-corrected chi connectivity index (χ2v) is 3.18. The molecule has 0 bridgehead atoms. The smallest absolute Gasteiger partial charge is 0.231 e. The van der Waals surface area contributed by atoms with Crippen LogP contribution in [0.2, 0.25) is 0 Å². The monoisotopic (exact) mass is 241 g/mol. The van der Waals surface area contributed by atoms with Crippen LogP contribution >= 0.6 is 15.9 Å². The number of pyridine rings is 1. The van der Waals surface area contributed by atoms with Crippen LogP contribution in [0.1, 0.15) is 11.3 Å². The van der Waals surface area contributed by atoms with Gasteiger partial charge in [-0.25, -0.2) is 4.98 Å². The van der Waals surface area contributed by atoms with Crippen molar-refractivity contribution in [2.24, 2.45) is 0 Å². The molecule has 0 saturated carbocycles. The molecule has 1 aromatic heterocycles. The van der Waals surface area contributed by atoms with E-state index in [1.807, 2.05) is 0 Å². The maximum atomic E-state index is 10.2. The van der Waals surface area contributed by atoms with E-state index < -0.39 is 4.92 Å². The zero-order valence-corrected chi connectivity index (χ0v) is 7.98. The van der Waals surface area contributed by atoms with Gasteiger partial charge in [-0.05, 0) is 22.0 Å². The molecule has 0 atom stereocenters. The van der Waals surface area contributed by atoms with Crippen LogP contribution in [0.5, 0.6) is 0 Å². The Morgan fingerprint density at radius 3 is 3.00 bits per heavy atom. The van der Waals surface area contributed by atoms with E-state index in [0.29, 0.717) is 10.0 Å². The molecular formula is C7H4BrN3O2. The van der Waals surface area contributed by atoms with Gasteiger partial charge in [0.2, 0.25) is 6.54 Å². The first kappa shape index (κ1) is 9.61. The Bertz CT molecular complexity index is 386. The Morgan fingerprint density at radius 2 is 2.46 bits per heavy atom. The lowest BCUT2D eigenvalue weighted by atomic mass is 10.2. The maximum Gasteiger partial charge on any atom is 0.231 e. The topological polar surface area (TPSA) is 79.8 Å². The van der Waals surface area contributed by atoms with Crippen LogP contribution in [0, 0.1) is 21.4 Å². The van der Waals surface area contributed by atoms with Gasteiger partial charge in [0.05, 0.1) is 5.56 Å². The first-order chi connectivity index (χ1) is 6.13. The molecule has 6 heteroatoms. The predicted molar refractivity (Wildman–Crippen MR) is 47.4 cm³/mol. The number of hydrogen-bond donors (Lipinski definition) is 0. The molecule has 1 heterocycles. The van der Waals surface area contributed by atoms with E-state index >= 15 is 0 Å². The third-order valence-electron chi connectivity index (χ3n) is 1.34. The second kappa shape index (κ2) is 3.96. The molecule has 13 heavy (non-hydrogen) atoms.